The molecule has 6 heteroatoms. The van der Waals surface area contributed by atoms with Crippen molar-refractivity contribution < 1.29 is 9.84 Å². The quantitative estimate of drug-likeness (QED) is 0.728. The smallest absolute Gasteiger partial charge is 0.119 e. The molecule has 114 valence electrons. The number of benzene rings is 1. The molecule has 0 radical (unpaired) electrons. The fourth-order valence-electron chi connectivity index (χ4n) is 1.88. The molecule has 2 rings (SSSR count). The summed E-state index contributed by atoms with van der Waals surface area (Å²) < 4.78 is 7.26. The third-order valence-corrected chi connectivity index (χ3v) is 3.24. The molecule has 0 aliphatic heterocycles. The lowest BCUT2D eigenvalue weighted by Gasteiger charge is -2.13. The molecule has 0 aliphatic carbocycles. The van der Waals surface area contributed by atoms with Crippen LogP contribution in [0.15, 0.2) is 36.7 Å². The van der Waals surface area contributed by atoms with Crippen LogP contribution in [0.5, 0.6) is 5.75 Å². The van der Waals surface area contributed by atoms with E-state index in [-0.39, 0.29) is 6.61 Å². The van der Waals surface area contributed by atoms with Crippen LogP contribution in [0.25, 0.3) is 0 Å². The van der Waals surface area contributed by atoms with Gasteiger partial charge in [0.15, 0.2) is 0 Å². The van der Waals surface area contributed by atoms with Gasteiger partial charge in [-0.05, 0) is 42.8 Å². The molecule has 5 nitrogen and oxygen atoms in total. The first-order valence-electron chi connectivity index (χ1n) is 6.88. The molecule has 0 bridgehead atoms. The number of hydrogen-bond acceptors (Lipinski definition) is 4. The van der Waals surface area contributed by atoms with Crippen molar-refractivity contribution in [1.29, 1.82) is 0 Å². The molecular formula is C15H20ClN3O2. The van der Waals surface area contributed by atoms with Crippen LogP contribution in [0.4, 0.5) is 0 Å². The van der Waals surface area contributed by atoms with Crippen molar-refractivity contribution in [1.82, 2.24) is 15.1 Å². The van der Waals surface area contributed by atoms with Gasteiger partial charge in [-0.1, -0.05) is 11.6 Å². The fraction of sp³-hybridized carbons (Fsp3) is 0.400. The van der Waals surface area contributed by atoms with Gasteiger partial charge >= 0.3 is 0 Å². The lowest BCUT2D eigenvalue weighted by molar-refractivity contribution is 0.106. The Hall–Kier alpha value is -1.56. The van der Waals surface area contributed by atoms with Crippen molar-refractivity contribution in [3.8, 4) is 5.75 Å². The molecule has 0 saturated heterocycles. The molecule has 1 unspecified atom stereocenters. The second-order valence-corrected chi connectivity index (χ2v) is 5.33. The van der Waals surface area contributed by atoms with E-state index in [1.165, 1.54) is 5.56 Å². The maximum Gasteiger partial charge on any atom is 0.119 e. The molecule has 2 N–H and O–H groups in total. The second-order valence-electron chi connectivity index (χ2n) is 4.90. The number of aliphatic hydroxyl groups is 1. The number of halogens is 1. The molecule has 1 aromatic carbocycles. The summed E-state index contributed by atoms with van der Waals surface area (Å²) >= 11 is 5.79. The Morgan fingerprint density at radius 3 is 2.81 bits per heavy atom. The molecule has 0 spiro atoms. The van der Waals surface area contributed by atoms with Gasteiger partial charge in [0.05, 0.1) is 6.20 Å². The Morgan fingerprint density at radius 1 is 1.38 bits per heavy atom. The van der Waals surface area contributed by atoms with Gasteiger partial charge in [0, 0.05) is 24.8 Å². The highest BCUT2D eigenvalue weighted by atomic mass is 35.5. The molecular weight excluding hydrogens is 290 g/mol. The van der Waals surface area contributed by atoms with E-state index in [1.807, 2.05) is 19.4 Å². The predicted octanol–water partition coefficient (Wildman–Crippen LogP) is 1.65. The summed E-state index contributed by atoms with van der Waals surface area (Å²) in [6, 6.07) is 7.08. The summed E-state index contributed by atoms with van der Waals surface area (Å²) in [7, 11) is 1.90. The van der Waals surface area contributed by atoms with Gasteiger partial charge < -0.3 is 15.2 Å². The summed E-state index contributed by atoms with van der Waals surface area (Å²) in [5.41, 5.74) is 1.18. The Labute approximate surface area is 129 Å². The predicted molar refractivity (Wildman–Crippen MR) is 82.7 cm³/mol. The zero-order chi connectivity index (χ0) is 15.1. The summed E-state index contributed by atoms with van der Waals surface area (Å²) in [5.74, 6) is 0.703. The van der Waals surface area contributed by atoms with E-state index >= 15 is 0 Å². The van der Waals surface area contributed by atoms with E-state index in [2.05, 4.69) is 10.4 Å². The topological polar surface area (TPSA) is 59.3 Å². The van der Waals surface area contributed by atoms with E-state index in [0.717, 1.165) is 13.0 Å². The monoisotopic (exact) mass is 309 g/mol. The first kappa shape index (κ1) is 15.8. The molecule has 21 heavy (non-hydrogen) atoms. The minimum atomic E-state index is -0.547. The molecule has 2 aromatic rings. The lowest BCUT2D eigenvalue weighted by atomic mass is 10.2. The van der Waals surface area contributed by atoms with Gasteiger partial charge in [-0.25, -0.2) is 0 Å². The van der Waals surface area contributed by atoms with Crippen molar-refractivity contribution >= 4 is 11.6 Å². The summed E-state index contributed by atoms with van der Waals surface area (Å²) in [6.45, 7) is 1.54. The van der Waals surface area contributed by atoms with E-state index in [0.29, 0.717) is 17.3 Å². The van der Waals surface area contributed by atoms with Gasteiger partial charge in [0.1, 0.15) is 18.5 Å². The number of aliphatic hydroxyl groups excluding tert-OH is 1. The normalized spacial score (nSPS) is 12.3. The van der Waals surface area contributed by atoms with Gasteiger partial charge in [-0.15, -0.1) is 0 Å². The first-order chi connectivity index (χ1) is 10.1. The number of rotatable bonds is 8. The molecule has 0 amide bonds. The standard InChI is InChI=1S/C15H20ClN3O2/c1-19-10-12(8-18-19)6-7-17-9-14(20)11-21-15-4-2-13(16)3-5-15/h2-5,8,10,14,17,20H,6-7,9,11H2,1H3. The summed E-state index contributed by atoms with van der Waals surface area (Å²) in [6.07, 6.45) is 4.18. The van der Waals surface area contributed by atoms with Gasteiger partial charge in [0.25, 0.3) is 0 Å². The Balaban J connectivity index is 1.59. The molecule has 1 atom stereocenters. The fourth-order valence-corrected chi connectivity index (χ4v) is 2.01. The lowest BCUT2D eigenvalue weighted by Crippen LogP contribution is -2.32. The van der Waals surface area contributed by atoms with Gasteiger partial charge in [-0.2, -0.15) is 5.10 Å². The van der Waals surface area contributed by atoms with Crippen LogP contribution in [0.2, 0.25) is 5.02 Å². The van der Waals surface area contributed by atoms with E-state index in [4.69, 9.17) is 16.3 Å². The first-order valence-corrected chi connectivity index (χ1v) is 7.26. The molecule has 1 heterocycles. The summed E-state index contributed by atoms with van der Waals surface area (Å²) in [4.78, 5) is 0. The van der Waals surface area contributed by atoms with Crippen molar-refractivity contribution in [2.75, 3.05) is 19.7 Å². The van der Waals surface area contributed by atoms with Crippen molar-refractivity contribution in [2.45, 2.75) is 12.5 Å². The Kier molecular flexibility index (Phi) is 6.04. The minimum Gasteiger partial charge on any atom is -0.491 e. The van der Waals surface area contributed by atoms with Crippen LogP contribution in [-0.2, 0) is 13.5 Å². The summed E-state index contributed by atoms with van der Waals surface area (Å²) in [5, 5.41) is 17.8. The SMILES string of the molecule is Cn1cc(CCNCC(O)COc2ccc(Cl)cc2)cn1. The highest BCUT2D eigenvalue weighted by molar-refractivity contribution is 6.30. The van der Waals surface area contributed by atoms with Crippen LogP contribution < -0.4 is 10.1 Å². The molecule has 0 aliphatic rings. The van der Waals surface area contributed by atoms with E-state index in [1.54, 1.807) is 28.9 Å². The zero-order valence-corrected chi connectivity index (χ0v) is 12.8. The van der Waals surface area contributed by atoms with Crippen molar-refractivity contribution in [3.63, 3.8) is 0 Å². The molecule has 0 saturated carbocycles. The zero-order valence-electron chi connectivity index (χ0n) is 12.0. The number of nitrogens with zero attached hydrogens (tertiary/aromatic N) is 2. The van der Waals surface area contributed by atoms with Crippen LogP contribution >= 0.6 is 11.6 Å². The van der Waals surface area contributed by atoms with Crippen molar-refractivity contribution in [3.05, 3.63) is 47.2 Å². The van der Waals surface area contributed by atoms with Crippen LogP contribution in [0, 0.1) is 0 Å². The Morgan fingerprint density at radius 2 is 2.14 bits per heavy atom. The Bertz CT molecular complexity index is 542. The number of ether oxygens (including phenoxy) is 1. The van der Waals surface area contributed by atoms with E-state index in [9.17, 15) is 5.11 Å². The average molecular weight is 310 g/mol. The molecule has 1 aromatic heterocycles. The minimum absolute atomic E-state index is 0.252. The number of aryl methyl sites for hydroxylation is 1. The highest BCUT2D eigenvalue weighted by Gasteiger charge is 2.05. The van der Waals surface area contributed by atoms with Gasteiger partial charge in [0.2, 0.25) is 0 Å². The highest BCUT2D eigenvalue weighted by Crippen LogP contribution is 2.15. The molecule has 0 fully saturated rings. The van der Waals surface area contributed by atoms with Crippen LogP contribution in [-0.4, -0.2) is 40.7 Å². The van der Waals surface area contributed by atoms with E-state index < -0.39 is 6.10 Å². The number of aromatic nitrogens is 2. The maximum absolute atomic E-state index is 9.84. The third-order valence-electron chi connectivity index (χ3n) is 2.98. The number of hydrogen-bond donors (Lipinski definition) is 2. The number of nitrogens with one attached hydrogen (secondary N) is 1. The van der Waals surface area contributed by atoms with Crippen LogP contribution in [0.3, 0.4) is 0 Å². The van der Waals surface area contributed by atoms with Crippen LogP contribution in [0.1, 0.15) is 5.56 Å². The third kappa shape index (κ3) is 5.75. The van der Waals surface area contributed by atoms with Gasteiger partial charge in [-0.3, -0.25) is 4.68 Å². The van der Waals surface area contributed by atoms with Crippen molar-refractivity contribution in [2.24, 2.45) is 7.05 Å². The average Bonchev–Trinajstić information content (AvgIpc) is 2.89. The maximum atomic E-state index is 9.84. The second kappa shape index (κ2) is 8.02. The largest absolute Gasteiger partial charge is 0.491 e.